The van der Waals surface area contributed by atoms with E-state index in [1.165, 1.54) is 11.1 Å². The standard InChI is InChI=1S/C18H26O3/c1-11-9-17(3,4)15-12(2)16(21-10-19)14(20-7)8-13(15)18(11,5)6/h8,10-11H,9H2,1-7H3. The second-order valence-electron chi connectivity index (χ2n) is 7.38. The zero-order valence-corrected chi connectivity index (χ0v) is 14.2. The lowest BCUT2D eigenvalue weighted by atomic mass is 9.57. The molecule has 0 saturated carbocycles. The van der Waals surface area contributed by atoms with Crippen molar-refractivity contribution in [2.45, 2.75) is 58.8 Å². The highest BCUT2D eigenvalue weighted by molar-refractivity contribution is 5.62. The van der Waals surface area contributed by atoms with Gasteiger partial charge in [-0.25, -0.2) is 0 Å². The van der Waals surface area contributed by atoms with Crippen LogP contribution in [0.15, 0.2) is 6.07 Å². The molecule has 3 heteroatoms. The summed E-state index contributed by atoms with van der Waals surface area (Å²) in [6.45, 7) is 13.9. The molecule has 1 atom stereocenters. The first-order chi connectivity index (χ1) is 9.66. The minimum absolute atomic E-state index is 0.0572. The SMILES string of the molecule is COc1cc2c(c(C)c1OC=O)C(C)(C)CC(C)C2(C)C. The van der Waals surface area contributed by atoms with E-state index in [0.29, 0.717) is 23.9 Å². The average molecular weight is 290 g/mol. The summed E-state index contributed by atoms with van der Waals surface area (Å²) in [5.41, 5.74) is 3.74. The molecule has 1 unspecified atom stereocenters. The Morgan fingerprint density at radius 2 is 1.90 bits per heavy atom. The highest BCUT2D eigenvalue weighted by Gasteiger charge is 2.44. The Kier molecular flexibility index (Phi) is 3.81. The third-order valence-corrected chi connectivity index (χ3v) is 5.29. The van der Waals surface area contributed by atoms with E-state index in [2.05, 4.69) is 40.7 Å². The summed E-state index contributed by atoms with van der Waals surface area (Å²) in [6, 6.07) is 2.05. The summed E-state index contributed by atoms with van der Waals surface area (Å²) in [4.78, 5) is 10.8. The number of hydrogen-bond donors (Lipinski definition) is 0. The Labute approximate surface area is 127 Å². The van der Waals surface area contributed by atoms with Crippen LogP contribution in [0.3, 0.4) is 0 Å². The van der Waals surface area contributed by atoms with Gasteiger partial charge in [0.15, 0.2) is 11.5 Å². The smallest absolute Gasteiger partial charge is 0.298 e. The van der Waals surface area contributed by atoms with Crippen LogP contribution in [0.2, 0.25) is 0 Å². The molecule has 0 fully saturated rings. The lowest BCUT2D eigenvalue weighted by Crippen LogP contribution is -2.41. The van der Waals surface area contributed by atoms with Crippen LogP contribution in [0.25, 0.3) is 0 Å². The van der Waals surface area contributed by atoms with Gasteiger partial charge in [0.25, 0.3) is 6.47 Å². The second kappa shape index (κ2) is 5.04. The Balaban J connectivity index is 2.82. The van der Waals surface area contributed by atoms with Crippen molar-refractivity contribution < 1.29 is 14.3 Å². The fourth-order valence-corrected chi connectivity index (χ4v) is 3.88. The van der Waals surface area contributed by atoms with E-state index in [0.717, 1.165) is 12.0 Å². The summed E-state index contributed by atoms with van der Waals surface area (Å²) in [5, 5.41) is 0. The molecule has 0 N–H and O–H groups in total. The second-order valence-corrected chi connectivity index (χ2v) is 7.38. The minimum Gasteiger partial charge on any atom is -0.493 e. The molecule has 0 aromatic heterocycles. The summed E-state index contributed by atoms with van der Waals surface area (Å²) in [7, 11) is 1.61. The van der Waals surface area contributed by atoms with Crippen LogP contribution in [-0.4, -0.2) is 13.6 Å². The van der Waals surface area contributed by atoms with Gasteiger partial charge in [0.2, 0.25) is 0 Å². The van der Waals surface area contributed by atoms with Gasteiger partial charge in [0.1, 0.15) is 0 Å². The van der Waals surface area contributed by atoms with Crippen molar-refractivity contribution in [3.63, 3.8) is 0 Å². The molecule has 1 aliphatic rings. The molecule has 3 nitrogen and oxygen atoms in total. The monoisotopic (exact) mass is 290 g/mol. The van der Waals surface area contributed by atoms with Gasteiger partial charge in [0.05, 0.1) is 7.11 Å². The molecule has 0 amide bonds. The van der Waals surface area contributed by atoms with Crippen LogP contribution in [0.5, 0.6) is 11.5 Å². The van der Waals surface area contributed by atoms with Crippen molar-refractivity contribution in [2.75, 3.05) is 7.11 Å². The molecule has 1 aromatic rings. The topological polar surface area (TPSA) is 35.5 Å². The Morgan fingerprint density at radius 1 is 1.29 bits per heavy atom. The van der Waals surface area contributed by atoms with Crippen molar-refractivity contribution in [2.24, 2.45) is 5.92 Å². The number of carbonyl (C=O) groups excluding carboxylic acids is 1. The van der Waals surface area contributed by atoms with Gasteiger partial charge in [-0.3, -0.25) is 4.79 Å². The fourth-order valence-electron chi connectivity index (χ4n) is 3.88. The predicted octanol–water partition coefficient (Wildman–Crippen LogP) is 4.13. The maximum atomic E-state index is 10.8. The highest BCUT2D eigenvalue weighted by Crippen LogP contribution is 2.53. The number of hydrogen-bond acceptors (Lipinski definition) is 3. The van der Waals surface area contributed by atoms with E-state index in [1.54, 1.807) is 7.11 Å². The van der Waals surface area contributed by atoms with Crippen LogP contribution in [0.1, 0.15) is 57.7 Å². The summed E-state index contributed by atoms with van der Waals surface area (Å²) < 4.78 is 10.7. The number of methoxy groups -OCH3 is 1. The molecule has 2 rings (SSSR count). The highest BCUT2D eigenvalue weighted by atomic mass is 16.5. The minimum atomic E-state index is 0.0572. The van der Waals surface area contributed by atoms with Crippen molar-refractivity contribution >= 4 is 6.47 Å². The van der Waals surface area contributed by atoms with Crippen molar-refractivity contribution in [3.05, 3.63) is 22.8 Å². The van der Waals surface area contributed by atoms with Gasteiger partial charge in [-0.05, 0) is 52.8 Å². The van der Waals surface area contributed by atoms with Gasteiger partial charge < -0.3 is 9.47 Å². The van der Waals surface area contributed by atoms with Crippen LogP contribution in [0, 0.1) is 12.8 Å². The molecule has 0 radical (unpaired) electrons. The normalized spacial score (nSPS) is 22.3. The van der Waals surface area contributed by atoms with Gasteiger partial charge in [-0.1, -0.05) is 34.6 Å². The zero-order valence-electron chi connectivity index (χ0n) is 14.2. The van der Waals surface area contributed by atoms with E-state index in [1.807, 2.05) is 6.92 Å². The molecule has 116 valence electrons. The van der Waals surface area contributed by atoms with E-state index >= 15 is 0 Å². The number of fused-ring (bicyclic) bond motifs is 1. The van der Waals surface area contributed by atoms with Crippen molar-refractivity contribution in [1.29, 1.82) is 0 Å². The molecule has 0 spiro atoms. The first kappa shape index (κ1) is 15.9. The van der Waals surface area contributed by atoms with Crippen molar-refractivity contribution in [1.82, 2.24) is 0 Å². The molecule has 0 bridgehead atoms. The van der Waals surface area contributed by atoms with Gasteiger partial charge >= 0.3 is 0 Å². The molecular weight excluding hydrogens is 264 g/mol. The average Bonchev–Trinajstić information content (AvgIpc) is 2.38. The molecular formula is C18H26O3. The third kappa shape index (κ3) is 2.33. The predicted molar refractivity (Wildman–Crippen MR) is 84.3 cm³/mol. The molecule has 21 heavy (non-hydrogen) atoms. The first-order valence-electron chi connectivity index (χ1n) is 7.49. The Hall–Kier alpha value is -1.51. The Bertz CT molecular complexity index is 570. The maximum Gasteiger partial charge on any atom is 0.298 e. The van der Waals surface area contributed by atoms with E-state index in [9.17, 15) is 4.79 Å². The van der Waals surface area contributed by atoms with E-state index in [-0.39, 0.29) is 10.8 Å². The summed E-state index contributed by atoms with van der Waals surface area (Å²) >= 11 is 0. The largest absolute Gasteiger partial charge is 0.493 e. The first-order valence-corrected chi connectivity index (χ1v) is 7.49. The maximum absolute atomic E-state index is 10.8. The number of carbonyl (C=O) groups is 1. The molecule has 1 aliphatic carbocycles. The Morgan fingerprint density at radius 3 is 2.43 bits per heavy atom. The summed E-state index contributed by atoms with van der Waals surface area (Å²) in [6.07, 6.45) is 1.11. The summed E-state index contributed by atoms with van der Waals surface area (Å²) in [5.74, 6) is 1.75. The van der Waals surface area contributed by atoms with E-state index in [4.69, 9.17) is 9.47 Å². The van der Waals surface area contributed by atoms with Gasteiger partial charge in [-0.2, -0.15) is 0 Å². The fraction of sp³-hybridized carbons (Fsp3) is 0.611. The van der Waals surface area contributed by atoms with Gasteiger partial charge in [0, 0.05) is 0 Å². The van der Waals surface area contributed by atoms with E-state index < -0.39 is 0 Å². The van der Waals surface area contributed by atoms with Crippen LogP contribution < -0.4 is 9.47 Å². The number of benzene rings is 1. The van der Waals surface area contributed by atoms with Crippen LogP contribution >= 0.6 is 0 Å². The molecule has 0 aliphatic heterocycles. The molecule has 0 saturated heterocycles. The lowest BCUT2D eigenvalue weighted by Gasteiger charge is -2.47. The molecule has 0 heterocycles. The van der Waals surface area contributed by atoms with Crippen LogP contribution in [-0.2, 0) is 15.6 Å². The quantitative estimate of drug-likeness (QED) is 0.785. The number of ether oxygens (including phenoxy) is 2. The van der Waals surface area contributed by atoms with Crippen molar-refractivity contribution in [3.8, 4) is 11.5 Å². The van der Waals surface area contributed by atoms with Crippen LogP contribution in [0.4, 0.5) is 0 Å². The van der Waals surface area contributed by atoms with Gasteiger partial charge in [-0.15, -0.1) is 0 Å². The zero-order chi connectivity index (χ0) is 16.0. The number of rotatable bonds is 3. The molecule has 1 aromatic carbocycles. The lowest BCUT2D eigenvalue weighted by molar-refractivity contribution is -0.120. The third-order valence-electron chi connectivity index (χ3n) is 5.29.